The first kappa shape index (κ1) is 15.4. The van der Waals surface area contributed by atoms with Crippen molar-refractivity contribution in [3.8, 4) is 11.5 Å². The minimum atomic E-state index is -4.72. The summed E-state index contributed by atoms with van der Waals surface area (Å²) < 4.78 is 44.9. The Morgan fingerprint density at radius 1 is 1.19 bits per heavy atom. The molecule has 2 aromatic rings. The maximum Gasteiger partial charge on any atom is 0.573 e. The number of carbonyl (C=O) groups is 1. The van der Waals surface area contributed by atoms with E-state index < -0.39 is 6.36 Å². The van der Waals surface area contributed by atoms with E-state index in [9.17, 15) is 18.0 Å². The third kappa shape index (κ3) is 4.22. The molecule has 0 saturated carbocycles. The van der Waals surface area contributed by atoms with Gasteiger partial charge in [0.25, 0.3) is 0 Å². The van der Waals surface area contributed by atoms with Gasteiger partial charge in [-0.2, -0.15) is 0 Å². The number of halogens is 3. The first-order valence-corrected chi connectivity index (χ1v) is 6.76. The number of Topliss-reactive ketones (excluding diaryl/α,β-unsaturated/α-hetero) is 1. The van der Waals surface area contributed by atoms with E-state index in [0.717, 1.165) is 0 Å². The standard InChI is InChI=1S/C14H11F3O3S/c1-19-12-6-7-21-13(12)11(18)8-9-2-4-10(5-3-9)20-14(15,16)17/h2-7H,8H2,1H3. The molecule has 21 heavy (non-hydrogen) atoms. The van der Waals surface area contributed by atoms with Gasteiger partial charge in [-0.1, -0.05) is 12.1 Å². The molecule has 0 amide bonds. The predicted molar refractivity (Wildman–Crippen MR) is 72.0 cm³/mol. The Balaban J connectivity index is 2.05. The van der Waals surface area contributed by atoms with Gasteiger partial charge in [0.15, 0.2) is 5.78 Å². The minimum absolute atomic E-state index is 0.0865. The molecule has 3 nitrogen and oxygen atoms in total. The van der Waals surface area contributed by atoms with Crippen LogP contribution < -0.4 is 9.47 Å². The molecule has 0 bridgehead atoms. The highest BCUT2D eigenvalue weighted by Crippen LogP contribution is 2.27. The second kappa shape index (κ2) is 6.17. The molecule has 0 aliphatic carbocycles. The topological polar surface area (TPSA) is 35.5 Å². The Bertz CT molecular complexity index is 617. The molecule has 0 atom stereocenters. The molecule has 0 unspecified atom stereocenters. The zero-order chi connectivity index (χ0) is 15.5. The molecule has 0 aliphatic heterocycles. The maximum absolute atomic E-state index is 12.1. The number of hydrogen-bond acceptors (Lipinski definition) is 4. The van der Waals surface area contributed by atoms with Gasteiger partial charge in [0.05, 0.1) is 7.11 Å². The average Bonchev–Trinajstić information content (AvgIpc) is 2.87. The van der Waals surface area contributed by atoms with Crippen LogP contribution in [-0.4, -0.2) is 19.3 Å². The van der Waals surface area contributed by atoms with Crippen molar-refractivity contribution in [3.05, 3.63) is 46.2 Å². The minimum Gasteiger partial charge on any atom is -0.495 e. The Kier molecular flexibility index (Phi) is 4.52. The quantitative estimate of drug-likeness (QED) is 0.780. The monoisotopic (exact) mass is 316 g/mol. The van der Waals surface area contributed by atoms with E-state index in [1.54, 1.807) is 11.4 Å². The van der Waals surface area contributed by atoms with E-state index in [1.807, 2.05) is 0 Å². The lowest BCUT2D eigenvalue weighted by Crippen LogP contribution is -2.17. The van der Waals surface area contributed by atoms with Gasteiger partial charge < -0.3 is 9.47 Å². The smallest absolute Gasteiger partial charge is 0.495 e. The lowest BCUT2D eigenvalue weighted by Gasteiger charge is -2.09. The van der Waals surface area contributed by atoms with E-state index in [4.69, 9.17) is 4.74 Å². The third-order valence-electron chi connectivity index (χ3n) is 2.62. The molecule has 7 heteroatoms. The second-order valence-corrected chi connectivity index (χ2v) is 5.03. The number of benzene rings is 1. The van der Waals surface area contributed by atoms with Crippen molar-refractivity contribution in [2.24, 2.45) is 0 Å². The summed E-state index contributed by atoms with van der Waals surface area (Å²) in [5.41, 5.74) is 0.602. The summed E-state index contributed by atoms with van der Waals surface area (Å²) in [6.45, 7) is 0. The van der Waals surface area contributed by atoms with Crippen LogP contribution in [0.15, 0.2) is 35.7 Å². The summed E-state index contributed by atoms with van der Waals surface area (Å²) in [5, 5.41) is 1.74. The highest BCUT2D eigenvalue weighted by atomic mass is 32.1. The van der Waals surface area contributed by atoms with E-state index in [-0.39, 0.29) is 18.0 Å². The van der Waals surface area contributed by atoms with Crippen molar-refractivity contribution < 1.29 is 27.4 Å². The molecule has 0 N–H and O–H groups in total. The van der Waals surface area contributed by atoms with Crippen molar-refractivity contribution in [2.75, 3.05) is 7.11 Å². The molecule has 0 spiro atoms. The Morgan fingerprint density at radius 3 is 2.43 bits per heavy atom. The van der Waals surface area contributed by atoms with E-state index >= 15 is 0 Å². The molecule has 0 aliphatic rings. The lowest BCUT2D eigenvalue weighted by molar-refractivity contribution is -0.274. The van der Waals surface area contributed by atoms with Crippen molar-refractivity contribution in [3.63, 3.8) is 0 Å². The van der Waals surface area contributed by atoms with Gasteiger partial charge in [0, 0.05) is 6.42 Å². The van der Waals surface area contributed by atoms with E-state index in [2.05, 4.69) is 4.74 Å². The number of ether oxygens (including phenoxy) is 2. The number of rotatable bonds is 5. The average molecular weight is 316 g/mol. The van der Waals surface area contributed by atoms with Crippen LogP contribution in [0.3, 0.4) is 0 Å². The van der Waals surface area contributed by atoms with Crippen molar-refractivity contribution >= 4 is 17.1 Å². The molecular formula is C14H11F3O3S. The Morgan fingerprint density at radius 2 is 1.86 bits per heavy atom. The zero-order valence-corrected chi connectivity index (χ0v) is 11.8. The van der Waals surface area contributed by atoms with Crippen LogP contribution in [-0.2, 0) is 6.42 Å². The van der Waals surface area contributed by atoms with E-state index in [0.29, 0.717) is 16.2 Å². The van der Waals surface area contributed by atoms with E-state index in [1.165, 1.54) is 42.7 Å². The predicted octanol–water partition coefficient (Wildman–Crippen LogP) is 4.08. The van der Waals surface area contributed by atoms with Crippen molar-refractivity contribution in [2.45, 2.75) is 12.8 Å². The van der Waals surface area contributed by atoms with Crippen LogP contribution in [0.2, 0.25) is 0 Å². The van der Waals surface area contributed by atoms with Crippen molar-refractivity contribution in [1.29, 1.82) is 0 Å². The summed E-state index contributed by atoms with van der Waals surface area (Å²) in [7, 11) is 1.47. The number of ketones is 1. The van der Waals surface area contributed by atoms with Gasteiger partial charge in [-0.25, -0.2) is 0 Å². The Labute approximate surface area is 122 Å². The Hall–Kier alpha value is -2.02. The zero-order valence-electron chi connectivity index (χ0n) is 10.9. The molecule has 0 saturated heterocycles. The largest absolute Gasteiger partial charge is 0.573 e. The highest BCUT2D eigenvalue weighted by molar-refractivity contribution is 7.12. The van der Waals surface area contributed by atoms with Gasteiger partial charge in [-0.3, -0.25) is 4.79 Å². The summed E-state index contributed by atoms with van der Waals surface area (Å²) in [4.78, 5) is 12.6. The van der Waals surface area contributed by atoms with Crippen LogP contribution >= 0.6 is 11.3 Å². The fraction of sp³-hybridized carbons (Fsp3) is 0.214. The van der Waals surface area contributed by atoms with Gasteiger partial charge in [0.2, 0.25) is 0 Å². The van der Waals surface area contributed by atoms with Crippen LogP contribution in [0.5, 0.6) is 11.5 Å². The van der Waals surface area contributed by atoms with Crippen LogP contribution in [0.4, 0.5) is 13.2 Å². The first-order valence-electron chi connectivity index (χ1n) is 5.88. The molecule has 0 radical (unpaired) electrons. The summed E-state index contributed by atoms with van der Waals surface area (Å²) in [6, 6.07) is 6.92. The molecule has 112 valence electrons. The third-order valence-corrected chi connectivity index (χ3v) is 3.56. The second-order valence-electron chi connectivity index (χ2n) is 4.11. The molecule has 1 aromatic heterocycles. The number of carbonyl (C=O) groups excluding carboxylic acids is 1. The summed E-state index contributed by atoms with van der Waals surface area (Å²) >= 11 is 1.26. The normalized spacial score (nSPS) is 11.2. The molecule has 1 aromatic carbocycles. The van der Waals surface area contributed by atoms with Gasteiger partial charge >= 0.3 is 6.36 Å². The molecule has 1 heterocycles. The summed E-state index contributed by atoms with van der Waals surface area (Å²) in [5.74, 6) is 0.0424. The van der Waals surface area contributed by atoms with Gasteiger partial charge in [-0.05, 0) is 29.1 Å². The first-order chi connectivity index (χ1) is 9.89. The number of hydrogen-bond donors (Lipinski definition) is 0. The van der Waals surface area contributed by atoms with Gasteiger partial charge in [-0.15, -0.1) is 24.5 Å². The number of thiophene rings is 1. The fourth-order valence-corrected chi connectivity index (χ4v) is 2.54. The molecular weight excluding hydrogens is 305 g/mol. The maximum atomic E-state index is 12.1. The fourth-order valence-electron chi connectivity index (χ4n) is 1.74. The number of methoxy groups -OCH3 is 1. The van der Waals surface area contributed by atoms with Crippen LogP contribution in [0.1, 0.15) is 15.2 Å². The lowest BCUT2D eigenvalue weighted by atomic mass is 10.1. The van der Waals surface area contributed by atoms with Gasteiger partial charge in [0.1, 0.15) is 16.4 Å². The van der Waals surface area contributed by atoms with Crippen LogP contribution in [0, 0.1) is 0 Å². The molecule has 0 fully saturated rings. The van der Waals surface area contributed by atoms with Crippen molar-refractivity contribution in [1.82, 2.24) is 0 Å². The highest BCUT2D eigenvalue weighted by Gasteiger charge is 2.31. The SMILES string of the molecule is COc1ccsc1C(=O)Cc1ccc(OC(F)(F)F)cc1. The number of alkyl halides is 3. The molecule has 2 rings (SSSR count). The summed E-state index contributed by atoms with van der Waals surface area (Å²) in [6.07, 6.45) is -4.63. The van der Waals surface area contributed by atoms with Crippen LogP contribution in [0.25, 0.3) is 0 Å².